The van der Waals surface area contributed by atoms with Gasteiger partial charge in [-0.1, -0.05) is 53.6 Å². The summed E-state index contributed by atoms with van der Waals surface area (Å²) >= 11 is 12.5. The number of hydrogen-bond acceptors (Lipinski definition) is 3. The first-order valence-corrected chi connectivity index (χ1v) is 10.6. The molecule has 30 heavy (non-hydrogen) atoms. The van der Waals surface area contributed by atoms with Gasteiger partial charge in [-0.2, -0.15) is 0 Å². The summed E-state index contributed by atoms with van der Waals surface area (Å²) in [5.74, 6) is 0.204. The smallest absolute Gasteiger partial charge is 0.304 e. The summed E-state index contributed by atoms with van der Waals surface area (Å²) in [4.78, 5) is 13.0. The van der Waals surface area contributed by atoms with Gasteiger partial charge in [-0.05, 0) is 49.7 Å². The Labute approximate surface area is 192 Å². The number of fused-ring (bicyclic) bond motifs is 2. The van der Waals surface area contributed by atoms with Crippen LogP contribution in [0, 0.1) is 0 Å². The lowest BCUT2D eigenvalue weighted by molar-refractivity contribution is -0.137. The van der Waals surface area contributed by atoms with Crippen molar-refractivity contribution in [2.45, 2.75) is 24.7 Å². The van der Waals surface area contributed by atoms with Gasteiger partial charge in [0.25, 0.3) is 0 Å². The second-order valence-corrected chi connectivity index (χ2v) is 8.59. The standard InChI is InChI=1S/C23H23Cl2NO3.ClH/c24-19-2-1-3-20(25)17(19)6-4-16-5-7-18-21(14-16)29-15-23(18)9-12-26(13-10-23)11-8-22(27)28;/h1-7,14H,8-13,15H2,(H,27,28);1H. The fraction of sp³-hybridized carbons (Fsp3) is 0.348. The highest BCUT2D eigenvalue weighted by molar-refractivity contribution is 6.37. The lowest BCUT2D eigenvalue weighted by Gasteiger charge is -2.38. The Morgan fingerprint density at radius 1 is 1.13 bits per heavy atom. The van der Waals surface area contributed by atoms with Crippen molar-refractivity contribution in [2.24, 2.45) is 0 Å². The number of carbonyl (C=O) groups is 1. The maximum Gasteiger partial charge on any atom is 0.304 e. The lowest BCUT2D eigenvalue weighted by atomic mass is 9.74. The minimum Gasteiger partial charge on any atom is -0.492 e. The summed E-state index contributed by atoms with van der Waals surface area (Å²) in [6.45, 7) is 3.12. The summed E-state index contributed by atoms with van der Waals surface area (Å²) in [7, 11) is 0. The van der Waals surface area contributed by atoms with Gasteiger partial charge in [-0.3, -0.25) is 4.79 Å². The highest BCUT2D eigenvalue weighted by Crippen LogP contribution is 2.46. The normalized spacial score (nSPS) is 17.5. The molecule has 1 spiro atoms. The number of carboxylic acid groups (broad SMARTS) is 1. The average Bonchev–Trinajstić information content (AvgIpc) is 3.05. The molecule has 0 saturated carbocycles. The number of ether oxygens (including phenoxy) is 1. The average molecular weight is 469 g/mol. The number of piperidine rings is 1. The Hall–Kier alpha value is -1.72. The zero-order valence-electron chi connectivity index (χ0n) is 16.4. The minimum absolute atomic E-state index is 0. The Kier molecular flexibility index (Phi) is 7.35. The second-order valence-electron chi connectivity index (χ2n) is 7.78. The van der Waals surface area contributed by atoms with Gasteiger partial charge in [0.15, 0.2) is 0 Å². The minimum atomic E-state index is -0.738. The Morgan fingerprint density at radius 2 is 1.83 bits per heavy atom. The molecule has 4 rings (SSSR count). The topological polar surface area (TPSA) is 49.8 Å². The van der Waals surface area contributed by atoms with E-state index in [4.69, 9.17) is 33.0 Å². The molecule has 2 aliphatic heterocycles. The summed E-state index contributed by atoms with van der Waals surface area (Å²) < 4.78 is 6.07. The highest BCUT2D eigenvalue weighted by Gasteiger charge is 2.42. The van der Waals surface area contributed by atoms with E-state index in [2.05, 4.69) is 23.1 Å². The summed E-state index contributed by atoms with van der Waals surface area (Å²) in [6.07, 6.45) is 6.10. The quantitative estimate of drug-likeness (QED) is 0.565. The van der Waals surface area contributed by atoms with Crippen molar-refractivity contribution in [3.8, 4) is 5.75 Å². The molecule has 1 N–H and O–H groups in total. The molecule has 0 unspecified atom stereocenters. The number of likely N-dealkylation sites (tertiary alicyclic amines) is 1. The van der Waals surface area contributed by atoms with Crippen molar-refractivity contribution < 1.29 is 14.6 Å². The van der Waals surface area contributed by atoms with Crippen LogP contribution >= 0.6 is 35.6 Å². The van der Waals surface area contributed by atoms with Gasteiger partial charge in [0.2, 0.25) is 0 Å². The lowest BCUT2D eigenvalue weighted by Crippen LogP contribution is -2.44. The predicted molar refractivity (Wildman–Crippen MR) is 124 cm³/mol. The van der Waals surface area contributed by atoms with Crippen LogP contribution < -0.4 is 4.74 Å². The van der Waals surface area contributed by atoms with Crippen LogP contribution in [0.1, 0.15) is 36.0 Å². The van der Waals surface area contributed by atoms with E-state index in [0.717, 1.165) is 42.8 Å². The van der Waals surface area contributed by atoms with E-state index in [9.17, 15) is 4.79 Å². The molecular formula is C23H24Cl3NO3. The Morgan fingerprint density at radius 3 is 2.50 bits per heavy atom. The van der Waals surface area contributed by atoms with E-state index < -0.39 is 5.97 Å². The van der Waals surface area contributed by atoms with Crippen molar-refractivity contribution in [1.29, 1.82) is 0 Å². The Balaban J connectivity index is 0.00000256. The van der Waals surface area contributed by atoms with Crippen LogP contribution in [0.25, 0.3) is 12.2 Å². The number of hydrogen-bond donors (Lipinski definition) is 1. The van der Waals surface area contributed by atoms with E-state index in [-0.39, 0.29) is 24.2 Å². The molecule has 1 fully saturated rings. The van der Waals surface area contributed by atoms with E-state index in [0.29, 0.717) is 23.2 Å². The third-order valence-electron chi connectivity index (χ3n) is 5.98. The number of aliphatic carboxylic acids is 1. The first kappa shape index (κ1) is 23.0. The molecule has 1 saturated heterocycles. The maximum atomic E-state index is 10.8. The zero-order chi connectivity index (χ0) is 20.4. The molecule has 4 nitrogen and oxygen atoms in total. The molecule has 160 valence electrons. The van der Waals surface area contributed by atoms with Crippen LogP contribution in [-0.4, -0.2) is 42.2 Å². The third kappa shape index (κ3) is 4.78. The van der Waals surface area contributed by atoms with Gasteiger partial charge < -0.3 is 14.7 Å². The second kappa shape index (κ2) is 9.61. The number of halogens is 3. The fourth-order valence-electron chi connectivity index (χ4n) is 4.22. The molecular weight excluding hydrogens is 445 g/mol. The SMILES string of the molecule is Cl.O=C(O)CCN1CCC2(CC1)COc1cc(C=Cc3c(Cl)cccc3Cl)ccc12. The van der Waals surface area contributed by atoms with E-state index in [1.807, 2.05) is 30.4 Å². The van der Waals surface area contributed by atoms with Crippen molar-refractivity contribution in [2.75, 3.05) is 26.2 Å². The summed E-state index contributed by atoms with van der Waals surface area (Å²) in [6, 6.07) is 11.8. The third-order valence-corrected chi connectivity index (χ3v) is 6.64. The van der Waals surface area contributed by atoms with Gasteiger partial charge >= 0.3 is 5.97 Å². The molecule has 0 aliphatic carbocycles. The molecule has 0 atom stereocenters. The molecule has 0 amide bonds. The van der Waals surface area contributed by atoms with Gasteiger partial charge in [-0.15, -0.1) is 12.4 Å². The van der Waals surface area contributed by atoms with E-state index in [1.165, 1.54) is 5.56 Å². The number of carboxylic acids is 1. The van der Waals surface area contributed by atoms with Gasteiger partial charge in [0, 0.05) is 33.1 Å². The largest absolute Gasteiger partial charge is 0.492 e. The van der Waals surface area contributed by atoms with Crippen molar-refractivity contribution in [3.05, 3.63) is 63.1 Å². The predicted octanol–water partition coefficient (Wildman–Crippen LogP) is 5.79. The number of nitrogens with zero attached hydrogens (tertiary/aromatic N) is 1. The van der Waals surface area contributed by atoms with Crippen LogP contribution in [0.3, 0.4) is 0 Å². The molecule has 7 heteroatoms. The van der Waals surface area contributed by atoms with Gasteiger partial charge in [0.05, 0.1) is 13.0 Å². The van der Waals surface area contributed by atoms with Crippen LogP contribution in [-0.2, 0) is 10.2 Å². The highest BCUT2D eigenvalue weighted by atomic mass is 35.5. The molecule has 0 aromatic heterocycles. The number of rotatable bonds is 5. The molecule has 2 heterocycles. The molecule has 0 bridgehead atoms. The van der Waals surface area contributed by atoms with Crippen LogP contribution in [0.4, 0.5) is 0 Å². The van der Waals surface area contributed by atoms with Crippen molar-refractivity contribution >= 4 is 53.7 Å². The molecule has 2 aliphatic rings. The van der Waals surface area contributed by atoms with Crippen molar-refractivity contribution in [3.63, 3.8) is 0 Å². The summed E-state index contributed by atoms with van der Waals surface area (Å²) in [5.41, 5.74) is 3.16. The molecule has 0 radical (unpaired) electrons. The van der Waals surface area contributed by atoms with Crippen molar-refractivity contribution in [1.82, 2.24) is 4.90 Å². The zero-order valence-corrected chi connectivity index (χ0v) is 18.8. The first-order valence-electron chi connectivity index (χ1n) is 9.80. The van der Waals surface area contributed by atoms with Crippen LogP contribution in [0.2, 0.25) is 10.0 Å². The maximum absolute atomic E-state index is 10.8. The first-order chi connectivity index (χ1) is 14.0. The van der Waals surface area contributed by atoms with Gasteiger partial charge in [0.1, 0.15) is 5.75 Å². The summed E-state index contributed by atoms with van der Waals surface area (Å²) in [5, 5.41) is 10.1. The number of benzene rings is 2. The molecule has 2 aromatic rings. The van der Waals surface area contributed by atoms with E-state index >= 15 is 0 Å². The Bertz CT molecular complexity index is 932. The molecule has 2 aromatic carbocycles. The van der Waals surface area contributed by atoms with Crippen LogP contribution in [0.5, 0.6) is 5.75 Å². The fourth-order valence-corrected chi connectivity index (χ4v) is 4.74. The van der Waals surface area contributed by atoms with Gasteiger partial charge in [-0.25, -0.2) is 0 Å². The van der Waals surface area contributed by atoms with E-state index in [1.54, 1.807) is 0 Å². The monoisotopic (exact) mass is 467 g/mol. The van der Waals surface area contributed by atoms with Crippen LogP contribution in [0.15, 0.2) is 36.4 Å².